The molecule has 0 bridgehead atoms. The number of fused-ring (bicyclic) bond motifs is 1. The Kier molecular flexibility index (Phi) is 5.08. The molecule has 0 fully saturated rings. The quantitative estimate of drug-likeness (QED) is 0.529. The van der Waals surface area contributed by atoms with E-state index >= 15 is 0 Å². The van der Waals surface area contributed by atoms with Crippen molar-refractivity contribution in [2.24, 2.45) is 0 Å². The molecule has 0 unspecified atom stereocenters. The van der Waals surface area contributed by atoms with E-state index in [1.165, 1.54) is 5.56 Å². The molecule has 0 aliphatic carbocycles. The highest BCUT2D eigenvalue weighted by molar-refractivity contribution is 7.15. The van der Waals surface area contributed by atoms with Crippen molar-refractivity contribution in [3.05, 3.63) is 64.5 Å². The number of thiophene rings is 1. The number of amides is 1. The highest BCUT2D eigenvalue weighted by Gasteiger charge is 2.12. The first kappa shape index (κ1) is 16.9. The average molecular weight is 383 g/mol. The molecule has 0 atom stereocenters. The molecule has 3 heterocycles. The van der Waals surface area contributed by atoms with Gasteiger partial charge in [0.2, 0.25) is 10.9 Å². The zero-order chi connectivity index (χ0) is 17.8. The number of carbonyl (C=O) groups is 1. The molecule has 1 amide bonds. The molecule has 3 aromatic heterocycles. The van der Waals surface area contributed by atoms with Crippen LogP contribution in [0.4, 0.5) is 0 Å². The predicted octanol–water partition coefficient (Wildman–Crippen LogP) is 3.81. The Morgan fingerprint density at radius 1 is 1.08 bits per heavy atom. The van der Waals surface area contributed by atoms with Gasteiger partial charge in [-0.2, -0.15) is 4.98 Å². The molecule has 0 aliphatic heterocycles. The Hall–Kier alpha value is -2.51. The van der Waals surface area contributed by atoms with Gasteiger partial charge in [-0.25, -0.2) is 4.52 Å². The fourth-order valence-corrected chi connectivity index (χ4v) is 4.24. The van der Waals surface area contributed by atoms with Gasteiger partial charge in [-0.3, -0.25) is 4.79 Å². The van der Waals surface area contributed by atoms with Gasteiger partial charge in [0, 0.05) is 24.8 Å². The van der Waals surface area contributed by atoms with Gasteiger partial charge in [-0.15, -0.1) is 27.8 Å². The largest absolute Gasteiger partial charge is 0.356 e. The zero-order valence-corrected chi connectivity index (χ0v) is 15.7. The van der Waals surface area contributed by atoms with Crippen molar-refractivity contribution in [1.29, 1.82) is 0 Å². The van der Waals surface area contributed by atoms with Gasteiger partial charge in [0.05, 0.1) is 10.6 Å². The van der Waals surface area contributed by atoms with Gasteiger partial charge < -0.3 is 5.32 Å². The molecule has 0 saturated carbocycles. The lowest BCUT2D eigenvalue weighted by Crippen LogP contribution is -2.26. The van der Waals surface area contributed by atoms with Crippen molar-refractivity contribution in [1.82, 2.24) is 19.9 Å². The van der Waals surface area contributed by atoms with Crippen molar-refractivity contribution < 1.29 is 4.79 Å². The van der Waals surface area contributed by atoms with Crippen LogP contribution in [0.1, 0.15) is 17.7 Å². The van der Waals surface area contributed by atoms with Gasteiger partial charge in [0.15, 0.2) is 5.82 Å². The number of carbonyl (C=O) groups excluding carboxylic acids is 1. The Bertz CT molecular complexity index is 989. The third-order valence-corrected chi connectivity index (χ3v) is 5.81. The lowest BCUT2D eigenvalue weighted by atomic mass is 10.1. The van der Waals surface area contributed by atoms with E-state index in [0.717, 1.165) is 34.2 Å². The van der Waals surface area contributed by atoms with Crippen LogP contribution in [0.2, 0.25) is 0 Å². The summed E-state index contributed by atoms with van der Waals surface area (Å²) in [4.78, 5) is 18.6. The van der Waals surface area contributed by atoms with Crippen LogP contribution < -0.4 is 5.32 Å². The summed E-state index contributed by atoms with van der Waals surface area (Å²) in [6.07, 6.45) is 2.02. The number of thiazole rings is 1. The number of hydrogen-bond donors (Lipinski definition) is 1. The fraction of sp³-hybridized carbons (Fsp3) is 0.211. The molecule has 0 spiro atoms. The Morgan fingerprint density at radius 2 is 1.96 bits per heavy atom. The number of aryl methyl sites for hydroxylation is 1. The number of hydrogen-bond acceptors (Lipinski definition) is 5. The second-order valence-corrected chi connectivity index (χ2v) is 7.70. The normalized spacial score (nSPS) is 11.1. The second-order valence-electron chi connectivity index (χ2n) is 5.92. The van der Waals surface area contributed by atoms with Crippen LogP contribution in [-0.4, -0.2) is 27.0 Å². The number of rotatable bonds is 7. The number of aromatic nitrogens is 3. The van der Waals surface area contributed by atoms with E-state index in [9.17, 15) is 4.79 Å². The lowest BCUT2D eigenvalue weighted by molar-refractivity contribution is -0.121. The zero-order valence-electron chi connectivity index (χ0n) is 14.1. The molecule has 4 rings (SSSR count). The predicted molar refractivity (Wildman–Crippen MR) is 106 cm³/mol. The van der Waals surface area contributed by atoms with Gasteiger partial charge >= 0.3 is 0 Å². The molecule has 5 nitrogen and oxygen atoms in total. The molecule has 132 valence electrons. The topological polar surface area (TPSA) is 59.3 Å². The van der Waals surface area contributed by atoms with E-state index in [4.69, 9.17) is 0 Å². The molecule has 4 aromatic rings. The molecule has 1 aromatic carbocycles. The third-order valence-electron chi connectivity index (χ3n) is 4.08. The SMILES string of the molecule is O=C(CCc1ccccc1)NCCc1csc2nc(-c3cccs3)nn12. The maximum atomic E-state index is 12.0. The summed E-state index contributed by atoms with van der Waals surface area (Å²) in [5.74, 6) is 0.846. The first-order valence-corrected chi connectivity index (χ1v) is 10.2. The standard InChI is InChI=1S/C19H18N4OS2/c24-17(9-8-14-5-2-1-3-6-14)20-11-10-15-13-26-19-21-18(22-23(15)19)16-7-4-12-25-16/h1-7,12-13H,8-11H2,(H,20,24). The lowest BCUT2D eigenvalue weighted by Gasteiger charge is -2.05. The highest BCUT2D eigenvalue weighted by Crippen LogP contribution is 2.24. The molecule has 0 saturated heterocycles. The smallest absolute Gasteiger partial charge is 0.220 e. The Morgan fingerprint density at radius 3 is 2.77 bits per heavy atom. The van der Waals surface area contributed by atoms with Crippen molar-refractivity contribution in [2.75, 3.05) is 6.54 Å². The van der Waals surface area contributed by atoms with Crippen LogP contribution in [0.5, 0.6) is 0 Å². The number of nitrogens with zero attached hydrogens (tertiary/aromatic N) is 3. The number of nitrogens with one attached hydrogen (secondary N) is 1. The monoisotopic (exact) mass is 382 g/mol. The molecular weight excluding hydrogens is 364 g/mol. The molecule has 1 N–H and O–H groups in total. The summed E-state index contributed by atoms with van der Waals surface area (Å²) in [7, 11) is 0. The van der Waals surface area contributed by atoms with Crippen molar-refractivity contribution in [3.63, 3.8) is 0 Å². The molecule has 0 aliphatic rings. The fourth-order valence-electron chi connectivity index (χ4n) is 2.73. The first-order valence-electron chi connectivity index (χ1n) is 8.47. The van der Waals surface area contributed by atoms with Gasteiger partial charge in [-0.05, 0) is 23.4 Å². The van der Waals surface area contributed by atoms with Crippen molar-refractivity contribution in [2.45, 2.75) is 19.3 Å². The summed E-state index contributed by atoms with van der Waals surface area (Å²) >= 11 is 3.21. The maximum absolute atomic E-state index is 12.0. The summed E-state index contributed by atoms with van der Waals surface area (Å²) in [5, 5.41) is 11.7. The molecule has 26 heavy (non-hydrogen) atoms. The van der Waals surface area contributed by atoms with E-state index < -0.39 is 0 Å². The third kappa shape index (κ3) is 3.84. The van der Waals surface area contributed by atoms with Gasteiger partial charge in [0.25, 0.3) is 0 Å². The van der Waals surface area contributed by atoms with Crippen LogP contribution in [0, 0.1) is 0 Å². The minimum absolute atomic E-state index is 0.0817. The highest BCUT2D eigenvalue weighted by atomic mass is 32.1. The minimum atomic E-state index is 0.0817. The van der Waals surface area contributed by atoms with E-state index in [0.29, 0.717) is 13.0 Å². The summed E-state index contributed by atoms with van der Waals surface area (Å²) in [5.41, 5.74) is 2.26. The average Bonchev–Trinajstić information content (AvgIpc) is 3.38. The van der Waals surface area contributed by atoms with Crippen LogP contribution in [0.3, 0.4) is 0 Å². The van der Waals surface area contributed by atoms with Crippen molar-refractivity contribution in [3.8, 4) is 10.7 Å². The van der Waals surface area contributed by atoms with Crippen LogP contribution >= 0.6 is 22.7 Å². The van der Waals surface area contributed by atoms with E-state index in [1.807, 2.05) is 52.4 Å². The summed E-state index contributed by atoms with van der Waals surface area (Å²) in [6, 6.07) is 14.1. The summed E-state index contributed by atoms with van der Waals surface area (Å²) < 4.78 is 1.88. The van der Waals surface area contributed by atoms with E-state index in [2.05, 4.69) is 20.8 Å². The molecule has 7 heteroatoms. The number of benzene rings is 1. The van der Waals surface area contributed by atoms with Gasteiger partial charge in [-0.1, -0.05) is 36.4 Å². The Balaban J connectivity index is 1.31. The van der Waals surface area contributed by atoms with Crippen LogP contribution in [-0.2, 0) is 17.6 Å². The van der Waals surface area contributed by atoms with Crippen molar-refractivity contribution >= 4 is 33.5 Å². The van der Waals surface area contributed by atoms with E-state index in [1.54, 1.807) is 22.7 Å². The second kappa shape index (κ2) is 7.80. The van der Waals surface area contributed by atoms with Crippen LogP contribution in [0.15, 0.2) is 53.2 Å². The summed E-state index contributed by atoms with van der Waals surface area (Å²) in [6.45, 7) is 0.605. The van der Waals surface area contributed by atoms with Gasteiger partial charge in [0.1, 0.15) is 0 Å². The van der Waals surface area contributed by atoms with Crippen LogP contribution in [0.25, 0.3) is 15.7 Å². The minimum Gasteiger partial charge on any atom is -0.356 e. The first-order chi connectivity index (χ1) is 12.8. The molecule has 0 radical (unpaired) electrons. The Labute approximate surface area is 159 Å². The van der Waals surface area contributed by atoms with E-state index in [-0.39, 0.29) is 5.91 Å². The maximum Gasteiger partial charge on any atom is 0.220 e. The molecular formula is C19H18N4OS2.